The number of nitrogens with one attached hydrogen (secondary N) is 1. The van der Waals surface area contributed by atoms with Crippen LogP contribution in [0, 0.1) is 13.8 Å². The zero-order valence-electron chi connectivity index (χ0n) is 12.4. The number of rotatable bonds is 6. The second kappa shape index (κ2) is 7.34. The number of hydrogen-bond acceptors (Lipinski definition) is 3. The van der Waals surface area contributed by atoms with E-state index in [9.17, 15) is 0 Å². The lowest BCUT2D eigenvalue weighted by Gasteiger charge is -2.06. The summed E-state index contributed by atoms with van der Waals surface area (Å²) in [5.74, 6) is 3.01. The van der Waals surface area contributed by atoms with Crippen molar-refractivity contribution in [3.63, 3.8) is 0 Å². The van der Waals surface area contributed by atoms with E-state index in [1.807, 2.05) is 18.0 Å². The molecular formula is C17H22N2S. The highest BCUT2D eigenvalue weighted by molar-refractivity contribution is 7.97. The minimum Gasteiger partial charge on any atom is -0.370 e. The molecule has 0 spiro atoms. The Hall–Kier alpha value is -1.48. The smallest absolute Gasteiger partial charge is 0.125 e. The van der Waals surface area contributed by atoms with E-state index in [0.29, 0.717) is 0 Å². The molecule has 0 aliphatic rings. The van der Waals surface area contributed by atoms with Crippen LogP contribution >= 0.6 is 11.8 Å². The molecule has 1 aromatic heterocycles. The maximum atomic E-state index is 4.40. The molecular weight excluding hydrogens is 264 g/mol. The Morgan fingerprint density at radius 3 is 2.30 bits per heavy atom. The molecule has 1 N–H and O–H groups in total. The van der Waals surface area contributed by atoms with Crippen molar-refractivity contribution in [3.05, 3.63) is 58.8 Å². The Balaban J connectivity index is 1.86. The molecule has 1 aromatic carbocycles. The van der Waals surface area contributed by atoms with Crippen LogP contribution < -0.4 is 5.32 Å². The maximum absolute atomic E-state index is 4.40. The molecule has 0 unspecified atom stereocenters. The SMILES string of the molecule is CCNc1ccc(CSCc2cc(C)cc(C)c2)cn1. The minimum absolute atomic E-state index is 0.911. The molecule has 0 atom stereocenters. The number of benzene rings is 1. The highest BCUT2D eigenvalue weighted by Gasteiger charge is 1.99. The summed E-state index contributed by atoms with van der Waals surface area (Å²) in [5.41, 5.74) is 5.38. The first-order chi connectivity index (χ1) is 9.67. The van der Waals surface area contributed by atoms with Gasteiger partial charge in [0, 0.05) is 24.2 Å². The van der Waals surface area contributed by atoms with Gasteiger partial charge in [0.25, 0.3) is 0 Å². The fourth-order valence-electron chi connectivity index (χ4n) is 2.23. The summed E-state index contributed by atoms with van der Waals surface area (Å²) >= 11 is 1.94. The summed E-state index contributed by atoms with van der Waals surface area (Å²) in [6.45, 7) is 7.30. The minimum atomic E-state index is 0.911. The summed E-state index contributed by atoms with van der Waals surface area (Å²) in [6, 6.07) is 11.0. The predicted molar refractivity (Wildman–Crippen MR) is 89.3 cm³/mol. The first-order valence-electron chi connectivity index (χ1n) is 7.01. The second-order valence-electron chi connectivity index (χ2n) is 5.07. The van der Waals surface area contributed by atoms with Gasteiger partial charge in [0.05, 0.1) is 0 Å². The molecule has 106 valence electrons. The van der Waals surface area contributed by atoms with Gasteiger partial charge < -0.3 is 5.32 Å². The molecule has 3 heteroatoms. The topological polar surface area (TPSA) is 24.9 Å². The maximum Gasteiger partial charge on any atom is 0.125 e. The van der Waals surface area contributed by atoms with E-state index in [2.05, 4.69) is 61.4 Å². The first-order valence-corrected chi connectivity index (χ1v) is 8.16. The van der Waals surface area contributed by atoms with Crippen molar-refractivity contribution in [1.29, 1.82) is 0 Å². The van der Waals surface area contributed by atoms with Crippen LogP contribution in [0.15, 0.2) is 36.5 Å². The van der Waals surface area contributed by atoms with Gasteiger partial charge in [-0.3, -0.25) is 0 Å². The van der Waals surface area contributed by atoms with Crippen LogP contribution in [0.25, 0.3) is 0 Å². The van der Waals surface area contributed by atoms with Gasteiger partial charge in [-0.05, 0) is 38.0 Å². The molecule has 0 bridgehead atoms. The fraction of sp³-hybridized carbons (Fsp3) is 0.353. The highest BCUT2D eigenvalue weighted by Crippen LogP contribution is 2.20. The second-order valence-corrected chi connectivity index (χ2v) is 6.06. The Labute approximate surface area is 126 Å². The van der Waals surface area contributed by atoms with Crippen molar-refractivity contribution >= 4 is 17.6 Å². The quantitative estimate of drug-likeness (QED) is 0.842. The summed E-state index contributed by atoms with van der Waals surface area (Å²) in [4.78, 5) is 4.40. The third-order valence-corrected chi connectivity index (χ3v) is 4.08. The van der Waals surface area contributed by atoms with Gasteiger partial charge in [0.1, 0.15) is 5.82 Å². The number of nitrogens with zero attached hydrogens (tertiary/aromatic N) is 1. The molecule has 2 nitrogen and oxygen atoms in total. The molecule has 20 heavy (non-hydrogen) atoms. The number of aryl methyl sites for hydroxylation is 2. The standard InChI is InChI=1S/C17H22N2S/c1-4-18-17-6-5-15(10-19-17)11-20-12-16-8-13(2)7-14(3)9-16/h5-10H,4,11-12H2,1-3H3,(H,18,19). The monoisotopic (exact) mass is 286 g/mol. The first kappa shape index (κ1) is 14.9. The van der Waals surface area contributed by atoms with Gasteiger partial charge in [0.15, 0.2) is 0 Å². The lowest BCUT2D eigenvalue weighted by molar-refractivity contribution is 1.14. The third kappa shape index (κ3) is 4.57. The molecule has 0 amide bonds. The number of aromatic nitrogens is 1. The van der Waals surface area contributed by atoms with Gasteiger partial charge >= 0.3 is 0 Å². The fourth-order valence-corrected chi connectivity index (χ4v) is 3.15. The average Bonchev–Trinajstić information content (AvgIpc) is 2.40. The molecule has 0 aliphatic carbocycles. The number of thioether (sulfide) groups is 1. The summed E-state index contributed by atoms with van der Waals surface area (Å²) in [6.07, 6.45) is 1.96. The summed E-state index contributed by atoms with van der Waals surface area (Å²) in [5, 5.41) is 3.21. The van der Waals surface area contributed by atoms with Crippen molar-refractivity contribution in [3.8, 4) is 0 Å². The molecule has 0 saturated heterocycles. The summed E-state index contributed by atoms with van der Waals surface area (Å²) in [7, 11) is 0. The third-order valence-electron chi connectivity index (χ3n) is 3.00. The van der Waals surface area contributed by atoms with E-state index in [0.717, 1.165) is 23.9 Å². The molecule has 0 radical (unpaired) electrons. The Kier molecular flexibility index (Phi) is 5.48. The Bertz CT molecular complexity index is 529. The predicted octanol–water partition coefficient (Wildman–Crippen LogP) is 4.56. The average molecular weight is 286 g/mol. The van der Waals surface area contributed by atoms with Crippen LogP contribution in [0.5, 0.6) is 0 Å². The zero-order chi connectivity index (χ0) is 14.4. The molecule has 0 saturated carbocycles. The van der Waals surface area contributed by atoms with E-state index in [-0.39, 0.29) is 0 Å². The van der Waals surface area contributed by atoms with E-state index >= 15 is 0 Å². The highest BCUT2D eigenvalue weighted by atomic mass is 32.2. The Morgan fingerprint density at radius 1 is 1.00 bits per heavy atom. The van der Waals surface area contributed by atoms with Gasteiger partial charge in [-0.2, -0.15) is 11.8 Å². The van der Waals surface area contributed by atoms with Crippen LogP contribution in [-0.4, -0.2) is 11.5 Å². The zero-order valence-corrected chi connectivity index (χ0v) is 13.3. The van der Waals surface area contributed by atoms with Gasteiger partial charge in [-0.1, -0.05) is 35.4 Å². The van der Waals surface area contributed by atoms with Crippen molar-refractivity contribution in [2.24, 2.45) is 0 Å². The largest absolute Gasteiger partial charge is 0.370 e. The van der Waals surface area contributed by atoms with Crippen molar-refractivity contribution in [2.45, 2.75) is 32.3 Å². The van der Waals surface area contributed by atoms with Crippen LogP contribution in [0.1, 0.15) is 29.2 Å². The van der Waals surface area contributed by atoms with Crippen LogP contribution in [0.3, 0.4) is 0 Å². The van der Waals surface area contributed by atoms with E-state index in [4.69, 9.17) is 0 Å². The lowest BCUT2D eigenvalue weighted by Crippen LogP contribution is -1.98. The number of hydrogen-bond donors (Lipinski definition) is 1. The van der Waals surface area contributed by atoms with Crippen LogP contribution in [0.2, 0.25) is 0 Å². The summed E-state index contributed by atoms with van der Waals surface area (Å²) < 4.78 is 0. The van der Waals surface area contributed by atoms with Gasteiger partial charge in [-0.15, -0.1) is 0 Å². The molecule has 0 fully saturated rings. The Morgan fingerprint density at radius 2 is 1.70 bits per heavy atom. The van der Waals surface area contributed by atoms with Gasteiger partial charge in [-0.25, -0.2) is 4.98 Å². The molecule has 2 rings (SSSR count). The van der Waals surface area contributed by atoms with Gasteiger partial charge in [0.2, 0.25) is 0 Å². The van der Waals surface area contributed by atoms with Crippen molar-refractivity contribution < 1.29 is 0 Å². The van der Waals surface area contributed by atoms with E-state index < -0.39 is 0 Å². The van der Waals surface area contributed by atoms with Crippen molar-refractivity contribution in [1.82, 2.24) is 4.98 Å². The normalized spacial score (nSPS) is 10.6. The number of pyridine rings is 1. The lowest BCUT2D eigenvalue weighted by atomic mass is 10.1. The van der Waals surface area contributed by atoms with E-state index in [1.165, 1.54) is 22.3 Å². The molecule has 1 heterocycles. The number of anilines is 1. The van der Waals surface area contributed by atoms with Crippen LogP contribution in [0.4, 0.5) is 5.82 Å². The molecule has 0 aliphatic heterocycles. The molecule has 2 aromatic rings. The van der Waals surface area contributed by atoms with Crippen molar-refractivity contribution in [2.75, 3.05) is 11.9 Å². The van der Waals surface area contributed by atoms with E-state index in [1.54, 1.807) is 0 Å². The van der Waals surface area contributed by atoms with Crippen LogP contribution in [-0.2, 0) is 11.5 Å².